The van der Waals surface area contributed by atoms with Gasteiger partial charge in [0.25, 0.3) is 0 Å². The summed E-state index contributed by atoms with van der Waals surface area (Å²) in [7, 11) is 0. The Morgan fingerprint density at radius 3 is 2.57 bits per heavy atom. The molecule has 0 bridgehead atoms. The van der Waals surface area contributed by atoms with Gasteiger partial charge < -0.3 is 9.47 Å². The molecule has 7 heteroatoms. The number of aromatic nitrogens is 3. The Morgan fingerprint density at radius 2 is 1.80 bits per heavy atom. The number of piperidine rings is 1. The molecule has 0 spiro atoms. The number of rotatable bonds is 8. The maximum Gasteiger partial charge on any atom is 0.233 e. The Labute approximate surface area is 184 Å². The minimum absolute atomic E-state index is 0.238. The van der Waals surface area contributed by atoms with Crippen molar-refractivity contribution in [1.82, 2.24) is 24.6 Å². The molecule has 1 amide bonds. The minimum atomic E-state index is 0.238. The molecule has 0 saturated carbocycles. The van der Waals surface area contributed by atoms with Gasteiger partial charge in [-0.1, -0.05) is 49.0 Å². The van der Waals surface area contributed by atoms with Gasteiger partial charge in [0.1, 0.15) is 5.82 Å². The Morgan fingerprint density at radius 1 is 1.03 bits per heavy atom. The maximum absolute atomic E-state index is 12.9. The molecule has 2 saturated heterocycles. The largest absolute Gasteiger partial charge is 0.339 e. The van der Waals surface area contributed by atoms with Crippen LogP contribution in [0.25, 0.3) is 0 Å². The molecule has 162 valence electrons. The number of hydrogen-bond donors (Lipinski definition) is 0. The van der Waals surface area contributed by atoms with E-state index in [0.717, 1.165) is 63.0 Å². The first-order chi connectivity index (χ1) is 14.7. The Bertz CT molecular complexity index is 818. The van der Waals surface area contributed by atoms with Gasteiger partial charge in [0.15, 0.2) is 5.16 Å². The molecule has 0 aliphatic carbocycles. The van der Waals surface area contributed by atoms with Crippen molar-refractivity contribution in [1.29, 1.82) is 0 Å². The third-order valence-electron chi connectivity index (χ3n) is 6.28. The average molecular weight is 428 g/mol. The number of nitrogens with zero attached hydrogens (tertiary/aromatic N) is 5. The third kappa shape index (κ3) is 5.24. The van der Waals surface area contributed by atoms with Gasteiger partial charge in [0.05, 0.1) is 18.8 Å². The van der Waals surface area contributed by atoms with Crippen LogP contribution in [-0.2, 0) is 17.9 Å². The highest BCUT2D eigenvalue weighted by Crippen LogP contribution is 2.24. The van der Waals surface area contributed by atoms with E-state index >= 15 is 0 Å². The Balaban J connectivity index is 1.47. The summed E-state index contributed by atoms with van der Waals surface area (Å²) in [6, 6.07) is 10.9. The van der Waals surface area contributed by atoms with Crippen LogP contribution >= 0.6 is 11.8 Å². The van der Waals surface area contributed by atoms with Crippen LogP contribution in [0.4, 0.5) is 0 Å². The van der Waals surface area contributed by atoms with Crippen molar-refractivity contribution in [3.05, 3.63) is 41.7 Å². The van der Waals surface area contributed by atoms with E-state index in [-0.39, 0.29) is 5.91 Å². The van der Waals surface area contributed by atoms with Crippen molar-refractivity contribution in [3.8, 4) is 0 Å². The van der Waals surface area contributed by atoms with Crippen molar-refractivity contribution in [3.63, 3.8) is 0 Å². The van der Waals surface area contributed by atoms with E-state index in [1.54, 1.807) is 0 Å². The normalized spacial score (nSPS) is 20.0. The zero-order valence-corrected chi connectivity index (χ0v) is 18.8. The number of carbonyl (C=O) groups excluding carboxylic acids is 1. The zero-order valence-electron chi connectivity index (χ0n) is 18.0. The van der Waals surface area contributed by atoms with Crippen LogP contribution in [0.1, 0.15) is 56.8 Å². The minimum Gasteiger partial charge on any atom is -0.339 e. The van der Waals surface area contributed by atoms with Gasteiger partial charge in [-0.2, -0.15) is 0 Å². The lowest BCUT2D eigenvalue weighted by Gasteiger charge is -2.35. The number of likely N-dealkylation sites (tertiary alicyclic amines) is 2. The molecule has 0 N–H and O–H groups in total. The third-order valence-corrected chi connectivity index (χ3v) is 7.24. The standard InChI is InChI=1S/C23H33N5OS/c1-2-20-12-6-7-15-27(20)22(29)18-30-23-25-24-21(17-26-13-8-9-14-26)28(23)16-19-10-4-3-5-11-19/h3-5,10-11,20H,2,6-9,12-18H2,1H3. The van der Waals surface area contributed by atoms with E-state index in [0.29, 0.717) is 11.8 Å². The summed E-state index contributed by atoms with van der Waals surface area (Å²) in [5.74, 6) is 1.68. The predicted molar refractivity (Wildman–Crippen MR) is 120 cm³/mol. The number of hydrogen-bond acceptors (Lipinski definition) is 5. The summed E-state index contributed by atoms with van der Waals surface area (Å²) in [5, 5.41) is 9.87. The van der Waals surface area contributed by atoms with Crippen LogP contribution in [0.15, 0.2) is 35.5 Å². The van der Waals surface area contributed by atoms with Crippen molar-refractivity contribution in [2.24, 2.45) is 0 Å². The van der Waals surface area contributed by atoms with E-state index in [9.17, 15) is 4.79 Å². The van der Waals surface area contributed by atoms with Gasteiger partial charge in [-0.15, -0.1) is 10.2 Å². The number of amides is 1. The fourth-order valence-electron chi connectivity index (χ4n) is 4.57. The van der Waals surface area contributed by atoms with Crippen LogP contribution in [-0.4, -0.2) is 61.9 Å². The van der Waals surface area contributed by atoms with Gasteiger partial charge >= 0.3 is 0 Å². The summed E-state index contributed by atoms with van der Waals surface area (Å²) in [6.07, 6.45) is 7.06. The second-order valence-electron chi connectivity index (χ2n) is 8.39. The molecule has 2 aromatic rings. The second kappa shape index (κ2) is 10.4. The molecular formula is C23H33N5OS. The van der Waals surface area contributed by atoms with Crippen molar-refractivity contribution in [2.45, 2.75) is 69.7 Å². The molecule has 1 unspecified atom stereocenters. The van der Waals surface area contributed by atoms with Crippen LogP contribution in [0.3, 0.4) is 0 Å². The quantitative estimate of drug-likeness (QED) is 0.600. The Kier molecular flexibility index (Phi) is 7.44. The van der Waals surface area contributed by atoms with Crippen LogP contribution in [0.5, 0.6) is 0 Å². The molecule has 2 aliphatic rings. The van der Waals surface area contributed by atoms with E-state index in [4.69, 9.17) is 0 Å². The first-order valence-corrected chi connectivity index (χ1v) is 12.3. The molecule has 1 atom stereocenters. The first kappa shape index (κ1) is 21.4. The van der Waals surface area contributed by atoms with Gasteiger partial charge in [0, 0.05) is 12.6 Å². The van der Waals surface area contributed by atoms with Crippen LogP contribution in [0.2, 0.25) is 0 Å². The van der Waals surface area contributed by atoms with Gasteiger partial charge in [0.2, 0.25) is 5.91 Å². The van der Waals surface area contributed by atoms with E-state index in [1.807, 2.05) is 6.07 Å². The average Bonchev–Trinajstić information content (AvgIpc) is 3.43. The van der Waals surface area contributed by atoms with Crippen LogP contribution < -0.4 is 0 Å². The first-order valence-electron chi connectivity index (χ1n) is 11.3. The molecule has 6 nitrogen and oxygen atoms in total. The lowest BCUT2D eigenvalue weighted by Crippen LogP contribution is -2.44. The van der Waals surface area contributed by atoms with E-state index < -0.39 is 0 Å². The van der Waals surface area contributed by atoms with Crippen LogP contribution in [0, 0.1) is 0 Å². The van der Waals surface area contributed by atoms with Crippen molar-refractivity contribution < 1.29 is 4.79 Å². The fourth-order valence-corrected chi connectivity index (χ4v) is 5.41. The second-order valence-corrected chi connectivity index (χ2v) is 9.33. The molecule has 1 aromatic heterocycles. The van der Waals surface area contributed by atoms with Gasteiger partial charge in [-0.25, -0.2) is 0 Å². The van der Waals surface area contributed by atoms with Gasteiger partial charge in [-0.3, -0.25) is 9.69 Å². The number of thioether (sulfide) groups is 1. The lowest BCUT2D eigenvalue weighted by molar-refractivity contribution is -0.132. The number of benzene rings is 1. The summed E-state index contributed by atoms with van der Waals surface area (Å²) < 4.78 is 2.21. The monoisotopic (exact) mass is 427 g/mol. The van der Waals surface area contributed by atoms with Crippen molar-refractivity contribution >= 4 is 17.7 Å². The summed E-state index contributed by atoms with van der Waals surface area (Å²) in [4.78, 5) is 17.5. The topological polar surface area (TPSA) is 54.3 Å². The maximum atomic E-state index is 12.9. The molecule has 2 aliphatic heterocycles. The van der Waals surface area contributed by atoms with Gasteiger partial charge in [-0.05, 0) is 57.2 Å². The molecule has 4 rings (SSSR count). The molecule has 30 heavy (non-hydrogen) atoms. The summed E-state index contributed by atoms with van der Waals surface area (Å²) in [5.41, 5.74) is 1.23. The molecular weight excluding hydrogens is 394 g/mol. The zero-order chi connectivity index (χ0) is 20.8. The van der Waals surface area contributed by atoms with E-state index in [1.165, 1.54) is 36.6 Å². The molecule has 1 aromatic carbocycles. The molecule has 0 radical (unpaired) electrons. The molecule has 3 heterocycles. The summed E-state index contributed by atoms with van der Waals surface area (Å²) in [6.45, 7) is 6.92. The highest BCUT2D eigenvalue weighted by molar-refractivity contribution is 7.99. The lowest BCUT2D eigenvalue weighted by atomic mass is 10.0. The summed E-state index contributed by atoms with van der Waals surface area (Å²) >= 11 is 1.54. The molecule has 2 fully saturated rings. The SMILES string of the molecule is CCC1CCCCN1C(=O)CSc1nnc(CN2CCCC2)n1Cc1ccccc1. The van der Waals surface area contributed by atoms with E-state index in [2.05, 4.69) is 55.8 Å². The van der Waals surface area contributed by atoms with Crippen molar-refractivity contribution in [2.75, 3.05) is 25.4 Å². The highest BCUT2D eigenvalue weighted by Gasteiger charge is 2.26. The fraction of sp³-hybridized carbons (Fsp3) is 0.609. The highest BCUT2D eigenvalue weighted by atomic mass is 32.2. The number of carbonyl (C=O) groups is 1. The predicted octanol–water partition coefficient (Wildman–Crippen LogP) is 3.81. The smallest absolute Gasteiger partial charge is 0.233 e. The Hall–Kier alpha value is -1.86.